The number of anilines is 1. The van der Waals surface area contributed by atoms with Crippen molar-refractivity contribution in [1.29, 1.82) is 0 Å². The van der Waals surface area contributed by atoms with Crippen molar-refractivity contribution in [2.45, 2.75) is 37.8 Å². The highest BCUT2D eigenvalue weighted by molar-refractivity contribution is 7.89. The molecule has 1 unspecified atom stereocenters. The largest absolute Gasteiger partial charge is 0.462 e. The lowest BCUT2D eigenvalue weighted by Gasteiger charge is -2.27. The van der Waals surface area contributed by atoms with E-state index in [0.717, 1.165) is 14.8 Å². The van der Waals surface area contributed by atoms with E-state index in [9.17, 15) is 22.8 Å². The van der Waals surface area contributed by atoms with Crippen LogP contribution in [-0.4, -0.2) is 43.2 Å². The predicted molar refractivity (Wildman–Crippen MR) is 139 cm³/mol. The quantitative estimate of drug-likeness (QED) is 0.311. The molecule has 10 heteroatoms. The summed E-state index contributed by atoms with van der Waals surface area (Å²) in [6.45, 7) is 3.71. The number of rotatable bonds is 8. The van der Waals surface area contributed by atoms with Gasteiger partial charge < -0.3 is 4.74 Å². The molecule has 0 saturated carbocycles. The van der Waals surface area contributed by atoms with Crippen LogP contribution in [0.2, 0.25) is 5.02 Å². The van der Waals surface area contributed by atoms with E-state index < -0.39 is 33.8 Å². The van der Waals surface area contributed by atoms with Crippen molar-refractivity contribution >= 4 is 45.1 Å². The molecular weight excluding hydrogens is 516 g/mol. The molecule has 1 aliphatic heterocycles. The van der Waals surface area contributed by atoms with Crippen LogP contribution in [0.1, 0.15) is 34.8 Å². The molecule has 0 aromatic heterocycles. The number of amides is 2. The molecule has 1 atom stereocenters. The minimum Gasteiger partial charge on any atom is -0.462 e. The third-order valence-electron chi connectivity index (χ3n) is 5.99. The molecule has 4 rings (SSSR count). The molecule has 0 radical (unpaired) electrons. The van der Waals surface area contributed by atoms with Gasteiger partial charge in [0.2, 0.25) is 15.9 Å². The van der Waals surface area contributed by atoms with Crippen LogP contribution in [0.25, 0.3) is 0 Å². The summed E-state index contributed by atoms with van der Waals surface area (Å²) in [5.74, 6) is -1.73. The van der Waals surface area contributed by atoms with E-state index in [1.807, 2.05) is 19.1 Å². The van der Waals surface area contributed by atoms with E-state index in [0.29, 0.717) is 10.6 Å². The average molecular weight is 541 g/mol. The SMILES string of the molecule is CCOC(=O)c1ccc(N2C(=O)CC(N(Cc3ccc(C)cc3)S(=O)(=O)c3ccc(Cl)cc3)C2=O)cc1. The van der Waals surface area contributed by atoms with E-state index >= 15 is 0 Å². The molecule has 1 saturated heterocycles. The van der Waals surface area contributed by atoms with Crippen LogP contribution in [0.5, 0.6) is 0 Å². The van der Waals surface area contributed by atoms with Crippen molar-refractivity contribution in [2.24, 2.45) is 0 Å². The van der Waals surface area contributed by atoms with Crippen LogP contribution < -0.4 is 4.90 Å². The smallest absolute Gasteiger partial charge is 0.338 e. The predicted octanol–water partition coefficient (Wildman–Crippen LogP) is 4.35. The average Bonchev–Trinajstić information content (AvgIpc) is 3.17. The Bertz CT molecular complexity index is 1420. The fourth-order valence-electron chi connectivity index (χ4n) is 4.05. The van der Waals surface area contributed by atoms with E-state index in [-0.39, 0.29) is 35.7 Å². The molecule has 0 N–H and O–H groups in total. The fourth-order valence-corrected chi connectivity index (χ4v) is 5.75. The zero-order valence-corrected chi connectivity index (χ0v) is 21.8. The summed E-state index contributed by atoms with van der Waals surface area (Å²) in [4.78, 5) is 39.4. The number of imide groups is 1. The molecule has 192 valence electrons. The first-order valence-corrected chi connectivity index (χ1v) is 13.4. The Morgan fingerprint density at radius 2 is 1.62 bits per heavy atom. The van der Waals surface area contributed by atoms with Crippen molar-refractivity contribution in [2.75, 3.05) is 11.5 Å². The highest BCUT2D eigenvalue weighted by Gasteiger charge is 2.47. The summed E-state index contributed by atoms with van der Waals surface area (Å²) in [7, 11) is -4.18. The number of benzene rings is 3. The molecular formula is C27H25ClN2O6S. The summed E-state index contributed by atoms with van der Waals surface area (Å²) in [5, 5.41) is 0.369. The molecule has 37 heavy (non-hydrogen) atoms. The number of carbonyl (C=O) groups is 3. The van der Waals surface area contributed by atoms with Crippen LogP contribution in [0.4, 0.5) is 5.69 Å². The van der Waals surface area contributed by atoms with Crippen LogP contribution in [0.3, 0.4) is 0 Å². The van der Waals surface area contributed by atoms with Gasteiger partial charge in [-0.3, -0.25) is 9.59 Å². The summed E-state index contributed by atoms with van der Waals surface area (Å²) < 4.78 is 33.5. The maximum absolute atomic E-state index is 13.7. The number of halogens is 1. The van der Waals surface area contributed by atoms with Crippen molar-refractivity contribution in [3.05, 3.63) is 94.5 Å². The van der Waals surface area contributed by atoms with Gasteiger partial charge in [-0.2, -0.15) is 4.31 Å². The minimum atomic E-state index is -4.18. The molecule has 0 aliphatic carbocycles. The van der Waals surface area contributed by atoms with Gasteiger partial charge >= 0.3 is 5.97 Å². The maximum Gasteiger partial charge on any atom is 0.338 e. The molecule has 8 nitrogen and oxygen atoms in total. The highest BCUT2D eigenvalue weighted by atomic mass is 35.5. The molecule has 3 aromatic rings. The number of carbonyl (C=O) groups excluding carboxylic acids is 3. The second kappa shape index (κ2) is 10.8. The molecule has 2 amide bonds. The standard InChI is InChI=1S/C27H25ClN2O6S/c1-3-36-27(33)20-8-12-22(13-9-20)30-25(31)16-24(26(30)32)29(17-19-6-4-18(2)5-7-19)37(34,35)23-14-10-21(28)11-15-23/h4-15,24H,3,16-17H2,1-2H3. The summed E-state index contributed by atoms with van der Waals surface area (Å²) in [5.41, 5.74) is 2.18. The monoisotopic (exact) mass is 540 g/mol. The van der Waals surface area contributed by atoms with Gasteiger partial charge in [-0.15, -0.1) is 0 Å². The Labute approximate surface area is 220 Å². The van der Waals surface area contributed by atoms with Crippen LogP contribution in [0, 0.1) is 6.92 Å². The second-order valence-electron chi connectivity index (χ2n) is 8.54. The van der Waals surface area contributed by atoms with Crippen molar-refractivity contribution in [3.8, 4) is 0 Å². The molecule has 1 fully saturated rings. The number of sulfonamides is 1. The van der Waals surface area contributed by atoms with Gasteiger partial charge in [0, 0.05) is 11.6 Å². The lowest BCUT2D eigenvalue weighted by atomic mass is 10.1. The second-order valence-corrected chi connectivity index (χ2v) is 10.9. The van der Waals surface area contributed by atoms with E-state index in [1.165, 1.54) is 48.5 Å². The Morgan fingerprint density at radius 1 is 1.00 bits per heavy atom. The van der Waals surface area contributed by atoms with E-state index in [1.54, 1.807) is 19.1 Å². The number of esters is 1. The molecule has 1 heterocycles. The molecule has 0 spiro atoms. The van der Waals surface area contributed by atoms with Gasteiger partial charge in [0.15, 0.2) is 0 Å². The van der Waals surface area contributed by atoms with Crippen molar-refractivity contribution < 1.29 is 27.5 Å². The van der Waals surface area contributed by atoms with Gasteiger partial charge in [0.05, 0.1) is 29.2 Å². The first kappa shape index (κ1) is 26.5. The van der Waals surface area contributed by atoms with Gasteiger partial charge in [-0.25, -0.2) is 18.1 Å². The maximum atomic E-state index is 13.7. The zero-order valence-electron chi connectivity index (χ0n) is 20.3. The van der Waals surface area contributed by atoms with Gasteiger partial charge in [-0.1, -0.05) is 41.4 Å². The number of nitrogens with zero attached hydrogens (tertiary/aromatic N) is 2. The Morgan fingerprint density at radius 3 is 2.22 bits per heavy atom. The topological polar surface area (TPSA) is 101 Å². The molecule has 3 aromatic carbocycles. The van der Waals surface area contributed by atoms with Crippen LogP contribution in [0.15, 0.2) is 77.7 Å². The number of hydrogen-bond donors (Lipinski definition) is 0. The lowest BCUT2D eigenvalue weighted by molar-refractivity contribution is -0.122. The third kappa shape index (κ3) is 5.58. The Hall–Kier alpha value is -3.53. The summed E-state index contributed by atoms with van der Waals surface area (Å²) >= 11 is 5.95. The third-order valence-corrected chi connectivity index (χ3v) is 8.11. The highest BCUT2D eigenvalue weighted by Crippen LogP contribution is 2.31. The van der Waals surface area contributed by atoms with Gasteiger partial charge in [-0.05, 0) is 67.9 Å². The Kier molecular flexibility index (Phi) is 7.77. The van der Waals surface area contributed by atoms with Gasteiger partial charge in [0.1, 0.15) is 6.04 Å². The first-order valence-electron chi connectivity index (χ1n) is 11.6. The zero-order chi connectivity index (χ0) is 26.7. The number of ether oxygens (including phenoxy) is 1. The fraction of sp³-hybridized carbons (Fsp3) is 0.222. The normalized spacial score (nSPS) is 15.9. The first-order chi connectivity index (χ1) is 17.6. The minimum absolute atomic E-state index is 0.0403. The van der Waals surface area contributed by atoms with Crippen LogP contribution in [-0.2, 0) is 30.9 Å². The number of aryl methyl sites for hydroxylation is 1. The molecule has 0 bridgehead atoms. The Balaban J connectivity index is 1.69. The van der Waals surface area contributed by atoms with E-state index in [2.05, 4.69) is 0 Å². The van der Waals surface area contributed by atoms with Gasteiger partial charge in [0.25, 0.3) is 5.91 Å². The summed E-state index contributed by atoms with van der Waals surface area (Å²) in [6, 6.07) is 17.5. The van der Waals surface area contributed by atoms with Crippen LogP contribution >= 0.6 is 11.6 Å². The lowest BCUT2D eigenvalue weighted by Crippen LogP contribution is -2.45. The van der Waals surface area contributed by atoms with Crippen molar-refractivity contribution in [1.82, 2.24) is 4.31 Å². The van der Waals surface area contributed by atoms with Crippen molar-refractivity contribution in [3.63, 3.8) is 0 Å². The van der Waals surface area contributed by atoms with E-state index in [4.69, 9.17) is 16.3 Å². The number of hydrogen-bond acceptors (Lipinski definition) is 6. The summed E-state index contributed by atoms with van der Waals surface area (Å²) in [6.07, 6.45) is -0.322. The molecule has 1 aliphatic rings.